The number of halogens is 9. The Kier molecular flexibility index (Phi) is 3.84. The second kappa shape index (κ2) is 5.22. The first-order valence-corrected chi connectivity index (χ1v) is 5.44. The summed E-state index contributed by atoms with van der Waals surface area (Å²) in [7, 11) is 0. The van der Waals surface area contributed by atoms with E-state index < -0.39 is 57.8 Å². The first kappa shape index (κ1) is 16.2. The molecule has 2 rings (SSSR count). The molecule has 0 saturated carbocycles. The Morgan fingerprint density at radius 2 is 1.09 bits per heavy atom. The smallest absolute Gasteiger partial charge is 0.206 e. The van der Waals surface area contributed by atoms with Gasteiger partial charge in [0.1, 0.15) is 5.82 Å². The standard InChI is InChI=1S/C13H3F9/c14-6-2-1-4(3-5(6)13(20,21)22)7-8(15)10(17)12(19)11(18)9(7)16/h1-3H. The maximum absolute atomic E-state index is 13.5. The van der Waals surface area contributed by atoms with E-state index in [1.54, 1.807) is 0 Å². The molecule has 2 aromatic rings. The number of benzene rings is 2. The Morgan fingerprint density at radius 1 is 0.636 bits per heavy atom. The largest absolute Gasteiger partial charge is 0.419 e. The van der Waals surface area contributed by atoms with Crippen molar-refractivity contribution < 1.29 is 39.5 Å². The highest BCUT2D eigenvalue weighted by Crippen LogP contribution is 2.37. The van der Waals surface area contributed by atoms with Gasteiger partial charge in [-0.3, -0.25) is 0 Å². The van der Waals surface area contributed by atoms with E-state index in [1.807, 2.05) is 0 Å². The molecule has 0 saturated heterocycles. The minimum atomic E-state index is -5.20. The summed E-state index contributed by atoms with van der Waals surface area (Å²) < 4.78 is 117. The lowest BCUT2D eigenvalue weighted by atomic mass is 10.0. The highest BCUT2D eigenvalue weighted by Gasteiger charge is 2.35. The van der Waals surface area contributed by atoms with Crippen LogP contribution >= 0.6 is 0 Å². The van der Waals surface area contributed by atoms with Gasteiger partial charge in [0.25, 0.3) is 0 Å². The summed E-state index contributed by atoms with van der Waals surface area (Å²) in [6, 6.07) is 0.659. The molecular formula is C13H3F9. The van der Waals surface area contributed by atoms with Crippen LogP contribution in [0.3, 0.4) is 0 Å². The predicted molar refractivity (Wildman–Crippen MR) is 56.6 cm³/mol. The molecule has 0 fully saturated rings. The van der Waals surface area contributed by atoms with Gasteiger partial charge in [0.05, 0.1) is 11.1 Å². The van der Waals surface area contributed by atoms with Crippen LogP contribution in [0.1, 0.15) is 5.56 Å². The lowest BCUT2D eigenvalue weighted by Gasteiger charge is -2.12. The van der Waals surface area contributed by atoms with Crippen LogP contribution < -0.4 is 0 Å². The summed E-state index contributed by atoms with van der Waals surface area (Å²) in [6.45, 7) is 0. The molecule has 0 aliphatic carbocycles. The van der Waals surface area contributed by atoms with Crippen LogP contribution in [0.25, 0.3) is 11.1 Å². The summed E-state index contributed by atoms with van der Waals surface area (Å²) in [5, 5.41) is 0. The molecule has 0 aliphatic heterocycles. The van der Waals surface area contributed by atoms with E-state index in [2.05, 4.69) is 0 Å². The van der Waals surface area contributed by atoms with E-state index in [4.69, 9.17) is 0 Å². The van der Waals surface area contributed by atoms with E-state index in [1.165, 1.54) is 0 Å². The van der Waals surface area contributed by atoms with Gasteiger partial charge in [-0.15, -0.1) is 0 Å². The van der Waals surface area contributed by atoms with Crippen LogP contribution in [-0.4, -0.2) is 0 Å². The molecule has 0 atom stereocenters. The summed E-state index contributed by atoms with van der Waals surface area (Å²) in [5.74, 6) is -13.4. The van der Waals surface area contributed by atoms with E-state index in [9.17, 15) is 39.5 Å². The van der Waals surface area contributed by atoms with Crippen molar-refractivity contribution in [2.75, 3.05) is 0 Å². The third-order valence-electron chi connectivity index (χ3n) is 2.77. The summed E-state index contributed by atoms with van der Waals surface area (Å²) in [4.78, 5) is 0. The minimum Gasteiger partial charge on any atom is -0.206 e. The SMILES string of the molecule is Fc1ccc(-c2c(F)c(F)c(F)c(F)c2F)cc1C(F)(F)F. The second-order valence-electron chi connectivity index (χ2n) is 4.14. The maximum Gasteiger partial charge on any atom is 0.419 e. The van der Waals surface area contributed by atoms with Crippen molar-refractivity contribution in [2.45, 2.75) is 6.18 Å². The van der Waals surface area contributed by atoms with Crippen LogP contribution in [0.2, 0.25) is 0 Å². The van der Waals surface area contributed by atoms with Crippen molar-refractivity contribution in [1.29, 1.82) is 0 Å². The van der Waals surface area contributed by atoms with Crippen LogP contribution in [0.15, 0.2) is 18.2 Å². The lowest BCUT2D eigenvalue weighted by Crippen LogP contribution is -2.09. The number of hydrogen-bond acceptors (Lipinski definition) is 0. The van der Waals surface area contributed by atoms with Crippen molar-refractivity contribution in [1.82, 2.24) is 0 Å². The maximum atomic E-state index is 13.5. The van der Waals surface area contributed by atoms with Crippen LogP contribution in [-0.2, 0) is 6.18 Å². The predicted octanol–water partition coefficient (Wildman–Crippen LogP) is 5.21. The molecule has 0 bridgehead atoms. The van der Waals surface area contributed by atoms with Gasteiger partial charge in [-0.2, -0.15) is 13.2 Å². The van der Waals surface area contributed by atoms with Crippen molar-refractivity contribution >= 4 is 0 Å². The van der Waals surface area contributed by atoms with Gasteiger partial charge in [0, 0.05) is 0 Å². The van der Waals surface area contributed by atoms with Gasteiger partial charge in [-0.1, -0.05) is 6.07 Å². The van der Waals surface area contributed by atoms with Crippen molar-refractivity contribution in [3.05, 3.63) is 58.7 Å². The quantitative estimate of drug-likeness (QED) is 0.383. The molecule has 0 heterocycles. The zero-order valence-electron chi connectivity index (χ0n) is 10.1. The van der Waals surface area contributed by atoms with Gasteiger partial charge in [-0.05, 0) is 17.7 Å². The fourth-order valence-electron chi connectivity index (χ4n) is 1.76. The summed E-state index contributed by atoms with van der Waals surface area (Å²) in [6.07, 6.45) is -5.20. The Bertz CT molecular complexity index is 717. The molecule has 9 heteroatoms. The molecule has 0 unspecified atom stereocenters. The molecule has 0 N–H and O–H groups in total. The lowest BCUT2D eigenvalue weighted by molar-refractivity contribution is -0.139. The average Bonchev–Trinajstić information content (AvgIpc) is 2.43. The Hall–Kier alpha value is -2.19. The van der Waals surface area contributed by atoms with Crippen molar-refractivity contribution in [3.8, 4) is 11.1 Å². The van der Waals surface area contributed by atoms with Gasteiger partial charge in [-0.25, -0.2) is 26.3 Å². The fourth-order valence-corrected chi connectivity index (χ4v) is 1.76. The molecule has 0 spiro atoms. The van der Waals surface area contributed by atoms with Gasteiger partial charge >= 0.3 is 6.18 Å². The van der Waals surface area contributed by atoms with Gasteiger partial charge in [0.15, 0.2) is 23.3 Å². The Labute approximate surface area is 116 Å². The van der Waals surface area contributed by atoms with E-state index in [0.717, 1.165) is 0 Å². The third-order valence-corrected chi connectivity index (χ3v) is 2.77. The highest BCUT2D eigenvalue weighted by atomic mass is 19.4. The molecule has 0 amide bonds. The van der Waals surface area contributed by atoms with Crippen LogP contribution in [0, 0.1) is 34.9 Å². The van der Waals surface area contributed by atoms with Gasteiger partial charge < -0.3 is 0 Å². The molecule has 0 aliphatic rings. The minimum absolute atomic E-state index is 0.0341. The van der Waals surface area contributed by atoms with Crippen LogP contribution in [0.4, 0.5) is 39.5 Å². The zero-order chi connectivity index (χ0) is 16.8. The van der Waals surface area contributed by atoms with Crippen LogP contribution in [0.5, 0.6) is 0 Å². The van der Waals surface area contributed by atoms with Crippen molar-refractivity contribution in [3.63, 3.8) is 0 Å². The molecule has 118 valence electrons. The second-order valence-corrected chi connectivity index (χ2v) is 4.14. The number of alkyl halides is 3. The Morgan fingerprint density at radius 3 is 1.55 bits per heavy atom. The first-order chi connectivity index (χ1) is 10.1. The molecular weight excluding hydrogens is 327 g/mol. The monoisotopic (exact) mass is 330 g/mol. The summed E-state index contributed by atoms with van der Waals surface area (Å²) >= 11 is 0. The fraction of sp³-hybridized carbons (Fsp3) is 0.0769. The zero-order valence-corrected chi connectivity index (χ0v) is 10.1. The average molecular weight is 330 g/mol. The first-order valence-electron chi connectivity index (χ1n) is 5.44. The van der Waals surface area contributed by atoms with E-state index in [0.29, 0.717) is 6.07 Å². The number of hydrogen-bond donors (Lipinski definition) is 0. The van der Waals surface area contributed by atoms with E-state index in [-0.39, 0.29) is 12.1 Å². The third kappa shape index (κ3) is 2.51. The Balaban J connectivity index is 2.79. The van der Waals surface area contributed by atoms with E-state index >= 15 is 0 Å². The molecule has 22 heavy (non-hydrogen) atoms. The van der Waals surface area contributed by atoms with Crippen molar-refractivity contribution in [2.24, 2.45) is 0 Å². The molecule has 0 aromatic heterocycles. The summed E-state index contributed by atoms with van der Waals surface area (Å²) in [5.41, 5.74) is -4.46. The van der Waals surface area contributed by atoms with Gasteiger partial charge in [0.2, 0.25) is 5.82 Å². The highest BCUT2D eigenvalue weighted by molar-refractivity contribution is 5.66. The molecule has 2 aromatic carbocycles. The number of rotatable bonds is 1. The normalized spacial score (nSPS) is 11.9. The molecule has 0 radical (unpaired) electrons. The molecule has 0 nitrogen and oxygen atoms in total. The topological polar surface area (TPSA) is 0 Å².